The molecule has 1 aliphatic heterocycles. The van der Waals surface area contributed by atoms with Gasteiger partial charge in [-0.1, -0.05) is 0 Å². The topological polar surface area (TPSA) is 67.3 Å². The van der Waals surface area contributed by atoms with Gasteiger partial charge in [-0.05, 0) is 6.07 Å². The molecule has 0 amide bonds. The average Bonchev–Trinajstić information content (AvgIpc) is 2.92. The highest BCUT2D eigenvalue weighted by Gasteiger charge is 2.37. The first-order valence-corrected chi connectivity index (χ1v) is 8.21. The summed E-state index contributed by atoms with van der Waals surface area (Å²) in [5, 5.41) is 14.6. The highest BCUT2D eigenvalue weighted by atomic mass is 19.4. The molecule has 1 fully saturated rings. The standard InChI is InChI=1S/C16H17F3N5O2/c17-16(18,19)14-13-11(1-3-20-14)12-2-4-24(25)21-15(12)23(13)6-5-22-7-9-26-10-8-22/h1-4H,5-10H2,(H,21,25)/q+1. The molecule has 0 aromatic carbocycles. The number of pyridine rings is 1. The molecule has 0 saturated carbocycles. The van der Waals surface area contributed by atoms with E-state index in [2.05, 4.69) is 15.0 Å². The van der Waals surface area contributed by atoms with E-state index in [0.29, 0.717) is 41.9 Å². The Bertz CT molecular complexity index is 950. The fourth-order valence-electron chi connectivity index (χ4n) is 3.35. The second-order valence-electron chi connectivity index (χ2n) is 6.13. The maximum Gasteiger partial charge on any atom is 0.435 e. The zero-order valence-corrected chi connectivity index (χ0v) is 13.8. The van der Waals surface area contributed by atoms with Gasteiger partial charge < -0.3 is 9.30 Å². The lowest BCUT2D eigenvalue weighted by Gasteiger charge is -2.26. The molecule has 0 bridgehead atoms. The number of morpholine rings is 1. The third-order valence-electron chi connectivity index (χ3n) is 4.56. The van der Waals surface area contributed by atoms with E-state index in [1.165, 1.54) is 10.8 Å². The first kappa shape index (κ1) is 17.0. The molecule has 0 aliphatic carbocycles. The van der Waals surface area contributed by atoms with E-state index in [9.17, 15) is 18.4 Å². The van der Waals surface area contributed by atoms with Crippen molar-refractivity contribution in [2.24, 2.45) is 0 Å². The smallest absolute Gasteiger partial charge is 0.379 e. The minimum absolute atomic E-state index is 0.0121. The van der Waals surface area contributed by atoms with Crippen LogP contribution >= 0.6 is 0 Å². The summed E-state index contributed by atoms with van der Waals surface area (Å²) in [7, 11) is 0. The molecule has 3 aromatic heterocycles. The third-order valence-corrected chi connectivity index (χ3v) is 4.56. The Balaban J connectivity index is 1.87. The summed E-state index contributed by atoms with van der Waals surface area (Å²) in [6, 6.07) is 3.09. The molecule has 138 valence electrons. The number of alkyl halides is 3. The Morgan fingerprint density at radius 3 is 2.65 bits per heavy atom. The maximum absolute atomic E-state index is 13.5. The normalized spacial score (nSPS) is 16.6. The molecule has 4 heterocycles. The van der Waals surface area contributed by atoms with Gasteiger partial charge in [0.15, 0.2) is 5.69 Å². The van der Waals surface area contributed by atoms with Crippen LogP contribution < -0.4 is 4.85 Å². The minimum Gasteiger partial charge on any atom is -0.379 e. The van der Waals surface area contributed by atoms with E-state index < -0.39 is 11.9 Å². The quantitative estimate of drug-likeness (QED) is 0.560. The number of hydrogen-bond donors (Lipinski definition) is 1. The molecule has 7 nitrogen and oxygen atoms in total. The van der Waals surface area contributed by atoms with Crippen molar-refractivity contribution in [1.29, 1.82) is 0 Å². The fourth-order valence-corrected chi connectivity index (χ4v) is 3.35. The zero-order valence-electron chi connectivity index (χ0n) is 13.8. The largest absolute Gasteiger partial charge is 0.435 e. The summed E-state index contributed by atoms with van der Waals surface area (Å²) in [6.07, 6.45) is -2.14. The van der Waals surface area contributed by atoms with Crippen LogP contribution in [0.15, 0.2) is 24.5 Å². The van der Waals surface area contributed by atoms with Gasteiger partial charge in [0, 0.05) is 49.2 Å². The van der Waals surface area contributed by atoms with Crippen molar-refractivity contribution in [2.45, 2.75) is 12.7 Å². The van der Waals surface area contributed by atoms with E-state index in [1.54, 1.807) is 12.1 Å². The van der Waals surface area contributed by atoms with Crippen LogP contribution in [0.1, 0.15) is 5.69 Å². The predicted molar refractivity (Wildman–Crippen MR) is 84.7 cm³/mol. The van der Waals surface area contributed by atoms with Crippen LogP contribution in [0.25, 0.3) is 21.9 Å². The Kier molecular flexibility index (Phi) is 4.16. The van der Waals surface area contributed by atoms with Crippen molar-refractivity contribution in [3.8, 4) is 0 Å². The van der Waals surface area contributed by atoms with Crippen LogP contribution in [0, 0.1) is 0 Å². The number of fused-ring (bicyclic) bond motifs is 3. The number of halogens is 3. The van der Waals surface area contributed by atoms with E-state index in [4.69, 9.17) is 4.74 Å². The van der Waals surface area contributed by atoms with Gasteiger partial charge in [-0.2, -0.15) is 13.2 Å². The number of nitrogens with zero attached hydrogens (tertiary/aromatic N) is 5. The summed E-state index contributed by atoms with van der Waals surface area (Å²) in [5.74, 6) is 0. The minimum atomic E-state index is -4.58. The second kappa shape index (κ2) is 6.36. The van der Waals surface area contributed by atoms with Crippen molar-refractivity contribution in [2.75, 3.05) is 32.8 Å². The lowest BCUT2D eigenvalue weighted by molar-refractivity contribution is -0.947. The first-order valence-electron chi connectivity index (χ1n) is 8.21. The lowest BCUT2D eigenvalue weighted by atomic mass is 10.2. The lowest BCUT2D eigenvalue weighted by Crippen LogP contribution is -2.38. The monoisotopic (exact) mass is 368 g/mol. The van der Waals surface area contributed by atoms with Crippen molar-refractivity contribution in [3.63, 3.8) is 0 Å². The number of aromatic nitrogens is 4. The summed E-state index contributed by atoms with van der Waals surface area (Å²) in [6.45, 7) is 3.53. The third kappa shape index (κ3) is 2.95. The van der Waals surface area contributed by atoms with Crippen LogP contribution in [0.2, 0.25) is 0 Å². The summed E-state index contributed by atoms with van der Waals surface area (Å²) >= 11 is 0. The van der Waals surface area contributed by atoms with Gasteiger partial charge >= 0.3 is 6.18 Å². The van der Waals surface area contributed by atoms with Gasteiger partial charge in [-0.3, -0.25) is 10.1 Å². The van der Waals surface area contributed by atoms with Gasteiger partial charge in [-0.25, -0.2) is 4.98 Å². The summed E-state index contributed by atoms with van der Waals surface area (Å²) in [4.78, 5) is 6.30. The first-order chi connectivity index (χ1) is 12.4. The number of hydrogen-bond acceptors (Lipinski definition) is 5. The molecule has 1 N–H and O–H groups in total. The van der Waals surface area contributed by atoms with Crippen molar-refractivity contribution < 1.29 is 28.0 Å². The molecule has 4 rings (SSSR count). The molecule has 26 heavy (non-hydrogen) atoms. The van der Waals surface area contributed by atoms with Gasteiger partial charge in [0.25, 0.3) is 6.20 Å². The van der Waals surface area contributed by atoms with Crippen molar-refractivity contribution in [3.05, 3.63) is 30.2 Å². The average molecular weight is 368 g/mol. The highest BCUT2D eigenvalue weighted by Crippen LogP contribution is 2.36. The molecule has 0 radical (unpaired) electrons. The molecule has 3 aromatic rings. The molecule has 1 saturated heterocycles. The highest BCUT2D eigenvalue weighted by molar-refractivity contribution is 6.07. The maximum atomic E-state index is 13.5. The molecule has 0 atom stereocenters. The zero-order chi connectivity index (χ0) is 18.3. The Labute approximate surface area is 146 Å². The van der Waals surface area contributed by atoms with Crippen molar-refractivity contribution in [1.82, 2.24) is 19.5 Å². The van der Waals surface area contributed by atoms with Gasteiger partial charge in [0.1, 0.15) is 4.85 Å². The molecular formula is C16H17F3N5O2+. The fraction of sp³-hybridized carbons (Fsp3) is 0.438. The van der Waals surface area contributed by atoms with Gasteiger partial charge in [0.2, 0.25) is 5.65 Å². The Morgan fingerprint density at radius 1 is 1.15 bits per heavy atom. The van der Waals surface area contributed by atoms with Crippen LogP contribution in [0.5, 0.6) is 0 Å². The summed E-state index contributed by atoms with van der Waals surface area (Å²) in [5.41, 5.74) is -0.668. The van der Waals surface area contributed by atoms with Gasteiger partial charge in [0.05, 0.1) is 23.8 Å². The van der Waals surface area contributed by atoms with Crippen LogP contribution in [0.4, 0.5) is 13.2 Å². The number of ether oxygens (including phenoxy) is 1. The molecule has 0 spiro atoms. The predicted octanol–water partition coefficient (Wildman–Crippen LogP) is 1.46. The van der Waals surface area contributed by atoms with Crippen LogP contribution in [-0.2, 0) is 17.5 Å². The van der Waals surface area contributed by atoms with Crippen LogP contribution in [0.3, 0.4) is 0 Å². The summed E-state index contributed by atoms with van der Waals surface area (Å²) < 4.78 is 47.4. The van der Waals surface area contributed by atoms with E-state index >= 15 is 0 Å². The molecule has 10 heteroatoms. The SMILES string of the molecule is O[n+]1ccc2c3ccnc(C(F)(F)F)c3n(CCN3CCOCC3)c2n1. The Morgan fingerprint density at radius 2 is 1.92 bits per heavy atom. The number of rotatable bonds is 3. The van der Waals surface area contributed by atoms with E-state index in [-0.39, 0.29) is 11.2 Å². The van der Waals surface area contributed by atoms with Crippen LogP contribution in [-0.4, -0.2) is 57.6 Å². The molecule has 0 unspecified atom stereocenters. The van der Waals surface area contributed by atoms with E-state index in [1.807, 2.05) is 0 Å². The van der Waals surface area contributed by atoms with E-state index in [0.717, 1.165) is 19.3 Å². The van der Waals surface area contributed by atoms with Crippen molar-refractivity contribution >= 4 is 21.9 Å². The molecule has 1 aliphatic rings. The Hall–Kier alpha value is -2.46. The molecular weight excluding hydrogens is 351 g/mol. The van der Waals surface area contributed by atoms with Gasteiger partial charge in [-0.15, -0.1) is 0 Å². The second-order valence-corrected chi connectivity index (χ2v) is 6.13.